The number of phosphoric ester groups is 2. The second-order valence-corrected chi connectivity index (χ2v) is 29.1. The molecule has 0 spiro atoms. The Morgan fingerprint density at radius 3 is 0.856 bits per heavy atom. The summed E-state index contributed by atoms with van der Waals surface area (Å²) in [6.07, 6.45) is 86.9. The van der Waals surface area contributed by atoms with Crippen LogP contribution >= 0.6 is 15.6 Å². The normalized spacial score (nSPS) is 14.6. The van der Waals surface area contributed by atoms with Crippen molar-refractivity contribution in [2.24, 2.45) is 0 Å². The minimum atomic E-state index is -5.00. The fraction of sp³-hybridized carbons (Fsp3) is 0.671. The van der Waals surface area contributed by atoms with Crippen LogP contribution in [-0.2, 0) is 65.4 Å². The van der Waals surface area contributed by atoms with Crippen LogP contribution in [0.5, 0.6) is 0 Å². The van der Waals surface area contributed by atoms with Gasteiger partial charge in [-0.3, -0.25) is 37.3 Å². The summed E-state index contributed by atoms with van der Waals surface area (Å²) in [4.78, 5) is 73.0. The molecular weight excluding hydrogens is 1350 g/mol. The summed E-state index contributed by atoms with van der Waals surface area (Å²) in [5.74, 6) is -2.28. The van der Waals surface area contributed by atoms with E-state index >= 15 is 0 Å². The van der Waals surface area contributed by atoms with Gasteiger partial charge in [0.1, 0.15) is 19.3 Å². The molecule has 0 aliphatic carbocycles. The zero-order valence-electron chi connectivity index (χ0n) is 64.9. The van der Waals surface area contributed by atoms with Gasteiger partial charge in [0.15, 0.2) is 12.2 Å². The van der Waals surface area contributed by atoms with Crippen LogP contribution in [0.15, 0.2) is 146 Å². The predicted octanol–water partition coefficient (Wildman–Crippen LogP) is 23.4. The molecule has 0 aliphatic rings. The molecule has 0 saturated carbocycles. The Balaban J connectivity index is 5.42. The monoisotopic (exact) mass is 1500 g/mol. The molecule has 0 amide bonds. The van der Waals surface area contributed by atoms with Crippen molar-refractivity contribution in [2.75, 3.05) is 39.6 Å². The number of aliphatic hydroxyl groups is 1. The minimum absolute atomic E-state index is 0.0693. The molecule has 0 fully saturated rings. The van der Waals surface area contributed by atoms with E-state index in [1.807, 2.05) is 12.2 Å². The summed E-state index contributed by atoms with van der Waals surface area (Å²) < 4.78 is 68.5. The summed E-state index contributed by atoms with van der Waals surface area (Å²) in [5.41, 5.74) is 0. The van der Waals surface area contributed by atoms with Gasteiger partial charge in [0, 0.05) is 25.7 Å². The Bertz CT molecular complexity index is 2540. The van der Waals surface area contributed by atoms with Crippen molar-refractivity contribution >= 4 is 39.5 Å². The number of carbonyl (C=O) groups excluding carboxylic acids is 4. The van der Waals surface area contributed by atoms with E-state index in [0.717, 1.165) is 186 Å². The van der Waals surface area contributed by atoms with E-state index in [-0.39, 0.29) is 25.7 Å². The average molecular weight is 1500 g/mol. The van der Waals surface area contributed by atoms with Crippen molar-refractivity contribution < 1.29 is 80.2 Å². The molecule has 0 bridgehead atoms. The summed E-state index contributed by atoms with van der Waals surface area (Å²) in [6, 6.07) is 0. The third kappa shape index (κ3) is 75.2. The molecule has 5 unspecified atom stereocenters. The van der Waals surface area contributed by atoms with Gasteiger partial charge in [0.25, 0.3) is 0 Å². The number of esters is 4. The maximum atomic E-state index is 13.1. The van der Waals surface area contributed by atoms with Gasteiger partial charge in [-0.25, -0.2) is 9.13 Å². The lowest BCUT2D eigenvalue weighted by Crippen LogP contribution is -2.30. The van der Waals surface area contributed by atoms with Gasteiger partial charge in [-0.1, -0.05) is 276 Å². The molecule has 0 heterocycles. The van der Waals surface area contributed by atoms with Gasteiger partial charge in [0.2, 0.25) is 0 Å². The number of hydrogen-bond acceptors (Lipinski definition) is 15. The standard InChI is InChI=1S/C85H142O17P2/c1-5-9-13-17-21-25-29-33-36-38-39-41-44-47-50-54-58-62-66-70-83(88)95-75-80(101-84(89)71-67-63-59-55-51-45-32-28-24-20-16-12-8-4)77-99-103(91,92)97-73-79(86)74-98-104(93,94)100-78-81(102-85(90)72-68-64-60-56-52-48-42-35-31-27-23-19-15-11-7-3)76-96-82(87)69-65-61-57-53-49-46-43-40-37-34-30-26-22-18-14-10-6-2/h9-10,13-14,16,20-22,25-26,28,32-37,39,41-43,46,53,57,79-81,86H,5-8,11-12,15,17-19,23-24,27,29-31,38,40,44-45,47-52,54-56,58-78H2,1-4H3,(H,91,92)(H,93,94)/b13-9-,14-10-,20-16-,25-21-,26-22-,32-28-,36-33-,37-34-,41-39-,42-35-,46-43-,57-53-. The molecule has 0 aromatic heterocycles. The topological polar surface area (TPSA) is 237 Å². The first-order valence-electron chi connectivity index (χ1n) is 40.1. The SMILES string of the molecule is CC/C=C\C/C=C\C/C=C\C/C=C\C/C=C\CCCC(=O)OCC(COP(=O)(O)OCC(O)COP(=O)(O)OCC(COC(=O)CCCCCCCC/C=C\C/C=C\C/C=C\C/C=C\CC)OC(=O)CCCCCCC/C=C\C/C=C\CCC)OC(=O)CCCCCCC/C=C\CCCCCCCC. The number of allylic oxidation sites excluding steroid dienone is 24. The zero-order chi connectivity index (χ0) is 76.0. The number of rotatable bonds is 74. The van der Waals surface area contributed by atoms with Crippen molar-refractivity contribution in [1.29, 1.82) is 0 Å². The fourth-order valence-corrected chi connectivity index (χ4v) is 11.8. The van der Waals surface area contributed by atoms with Crippen LogP contribution in [0.1, 0.15) is 310 Å². The number of unbranched alkanes of at least 4 members (excludes halogenated alkanes) is 24. The van der Waals surface area contributed by atoms with Crippen LogP contribution in [0.25, 0.3) is 0 Å². The molecule has 17 nitrogen and oxygen atoms in total. The van der Waals surface area contributed by atoms with Crippen molar-refractivity contribution in [1.82, 2.24) is 0 Å². The van der Waals surface area contributed by atoms with Gasteiger partial charge in [-0.15, -0.1) is 0 Å². The van der Waals surface area contributed by atoms with Crippen molar-refractivity contribution in [2.45, 2.75) is 329 Å². The summed E-state index contributed by atoms with van der Waals surface area (Å²) in [6.45, 7) is 4.48. The van der Waals surface area contributed by atoms with Crippen LogP contribution < -0.4 is 0 Å². The van der Waals surface area contributed by atoms with Crippen molar-refractivity contribution in [3.63, 3.8) is 0 Å². The molecule has 594 valence electrons. The fourth-order valence-electron chi connectivity index (χ4n) is 10.2. The molecular formula is C85H142O17P2. The minimum Gasteiger partial charge on any atom is -0.462 e. The maximum absolute atomic E-state index is 13.1. The molecule has 0 rings (SSSR count). The second-order valence-electron chi connectivity index (χ2n) is 26.2. The van der Waals surface area contributed by atoms with E-state index in [0.29, 0.717) is 32.1 Å². The number of aliphatic hydroxyl groups excluding tert-OH is 1. The molecule has 3 N–H and O–H groups in total. The Hall–Kier alpha value is -5.06. The van der Waals surface area contributed by atoms with Gasteiger partial charge < -0.3 is 33.8 Å². The first-order valence-corrected chi connectivity index (χ1v) is 43.1. The summed E-state index contributed by atoms with van der Waals surface area (Å²) >= 11 is 0. The zero-order valence-corrected chi connectivity index (χ0v) is 66.7. The van der Waals surface area contributed by atoms with Crippen LogP contribution in [0, 0.1) is 0 Å². The molecule has 0 aliphatic heterocycles. The highest BCUT2D eigenvalue weighted by Gasteiger charge is 2.30. The third-order valence-corrected chi connectivity index (χ3v) is 18.2. The molecule has 0 aromatic rings. The summed E-state index contributed by atoms with van der Waals surface area (Å²) in [7, 11) is -9.99. The van der Waals surface area contributed by atoms with Crippen LogP contribution in [0.4, 0.5) is 0 Å². The van der Waals surface area contributed by atoms with E-state index in [9.17, 15) is 43.2 Å². The van der Waals surface area contributed by atoms with Crippen molar-refractivity contribution in [3.8, 4) is 0 Å². The molecule has 0 saturated heterocycles. The smallest absolute Gasteiger partial charge is 0.462 e. The largest absolute Gasteiger partial charge is 0.472 e. The molecule has 19 heteroatoms. The highest BCUT2D eigenvalue weighted by Crippen LogP contribution is 2.45. The lowest BCUT2D eigenvalue weighted by Gasteiger charge is -2.21. The van der Waals surface area contributed by atoms with E-state index < -0.39 is 97.5 Å². The molecule has 104 heavy (non-hydrogen) atoms. The first kappa shape index (κ1) is 98.9. The van der Waals surface area contributed by atoms with Crippen molar-refractivity contribution in [3.05, 3.63) is 146 Å². The Kier molecular flexibility index (Phi) is 72.4. The van der Waals surface area contributed by atoms with Crippen LogP contribution in [0.2, 0.25) is 0 Å². The average Bonchev–Trinajstić information content (AvgIpc) is 0.939. The Labute approximate surface area is 630 Å². The maximum Gasteiger partial charge on any atom is 0.472 e. The Morgan fingerprint density at radius 1 is 0.279 bits per heavy atom. The number of ether oxygens (including phenoxy) is 4. The quantitative estimate of drug-likeness (QED) is 0.0169. The highest BCUT2D eigenvalue weighted by molar-refractivity contribution is 7.47. The molecule has 5 atom stereocenters. The predicted molar refractivity (Wildman–Crippen MR) is 427 cm³/mol. The lowest BCUT2D eigenvalue weighted by atomic mass is 10.1. The van der Waals surface area contributed by atoms with Crippen LogP contribution in [0.3, 0.4) is 0 Å². The van der Waals surface area contributed by atoms with Gasteiger partial charge in [-0.05, 0) is 154 Å². The number of carbonyl (C=O) groups is 4. The van der Waals surface area contributed by atoms with E-state index in [1.54, 1.807) is 0 Å². The highest BCUT2D eigenvalue weighted by atomic mass is 31.2. The second kappa shape index (κ2) is 76.1. The van der Waals surface area contributed by atoms with Gasteiger partial charge in [-0.2, -0.15) is 0 Å². The number of hydrogen-bond donors (Lipinski definition) is 3. The molecule has 0 radical (unpaired) electrons. The molecule has 0 aromatic carbocycles. The summed E-state index contributed by atoms with van der Waals surface area (Å²) in [5, 5.41) is 10.6. The first-order chi connectivity index (χ1) is 50.7. The number of phosphoric acid groups is 2. The lowest BCUT2D eigenvalue weighted by molar-refractivity contribution is -0.161. The van der Waals surface area contributed by atoms with Gasteiger partial charge >= 0.3 is 39.5 Å². The van der Waals surface area contributed by atoms with E-state index in [1.165, 1.54) is 38.5 Å². The third-order valence-electron chi connectivity index (χ3n) is 16.2. The Morgan fingerprint density at radius 2 is 0.529 bits per heavy atom. The van der Waals surface area contributed by atoms with E-state index in [2.05, 4.69) is 161 Å². The van der Waals surface area contributed by atoms with E-state index in [4.69, 9.17) is 37.0 Å². The van der Waals surface area contributed by atoms with Gasteiger partial charge in [0.05, 0.1) is 26.4 Å². The van der Waals surface area contributed by atoms with Crippen LogP contribution in [-0.4, -0.2) is 96.7 Å².